The van der Waals surface area contributed by atoms with Gasteiger partial charge in [0.15, 0.2) is 0 Å². The van der Waals surface area contributed by atoms with E-state index < -0.39 is 0 Å². The standard InChI is InChI=1S/C15H14BrNO3/c1-19-11-5-3-10(4-6-11)13-8-7-12(15(18)20-2)14(9-16)17-13/h3-8H,9H2,1-2H3. The van der Waals surface area contributed by atoms with Gasteiger partial charge < -0.3 is 9.47 Å². The van der Waals surface area contributed by atoms with Gasteiger partial charge in [0.05, 0.1) is 31.2 Å². The summed E-state index contributed by atoms with van der Waals surface area (Å²) in [5, 5.41) is 0.488. The smallest absolute Gasteiger partial charge is 0.339 e. The van der Waals surface area contributed by atoms with Gasteiger partial charge >= 0.3 is 5.97 Å². The summed E-state index contributed by atoms with van der Waals surface area (Å²) >= 11 is 3.35. The van der Waals surface area contributed by atoms with Crippen molar-refractivity contribution in [1.82, 2.24) is 4.98 Å². The molecule has 4 nitrogen and oxygen atoms in total. The van der Waals surface area contributed by atoms with E-state index in [1.165, 1.54) is 7.11 Å². The van der Waals surface area contributed by atoms with Crippen LogP contribution in [0.2, 0.25) is 0 Å². The molecule has 0 atom stereocenters. The van der Waals surface area contributed by atoms with Crippen LogP contribution in [0.5, 0.6) is 5.75 Å². The monoisotopic (exact) mass is 335 g/mol. The molecule has 0 saturated heterocycles. The Labute approximate surface area is 125 Å². The van der Waals surface area contributed by atoms with E-state index in [-0.39, 0.29) is 5.97 Å². The normalized spacial score (nSPS) is 10.2. The Bertz CT molecular complexity index is 611. The quantitative estimate of drug-likeness (QED) is 0.634. The fraction of sp³-hybridized carbons (Fsp3) is 0.200. The van der Waals surface area contributed by atoms with Crippen molar-refractivity contribution in [3.8, 4) is 17.0 Å². The molecule has 0 aliphatic carbocycles. The van der Waals surface area contributed by atoms with Crippen LogP contribution in [-0.2, 0) is 10.1 Å². The molecule has 0 saturated carbocycles. The molecule has 0 amide bonds. The van der Waals surface area contributed by atoms with Crippen molar-refractivity contribution < 1.29 is 14.3 Å². The van der Waals surface area contributed by atoms with Crippen LogP contribution in [0.1, 0.15) is 16.1 Å². The minimum absolute atomic E-state index is 0.381. The highest BCUT2D eigenvalue weighted by Crippen LogP contribution is 2.23. The predicted molar refractivity (Wildman–Crippen MR) is 80.2 cm³/mol. The van der Waals surface area contributed by atoms with Gasteiger partial charge in [0, 0.05) is 10.9 Å². The molecule has 1 aromatic heterocycles. The minimum Gasteiger partial charge on any atom is -0.497 e. The number of methoxy groups -OCH3 is 2. The topological polar surface area (TPSA) is 48.4 Å². The number of ether oxygens (including phenoxy) is 2. The Morgan fingerprint density at radius 2 is 1.85 bits per heavy atom. The first kappa shape index (κ1) is 14.5. The van der Waals surface area contributed by atoms with Gasteiger partial charge in [0.2, 0.25) is 0 Å². The lowest BCUT2D eigenvalue weighted by molar-refractivity contribution is 0.0599. The molecule has 2 rings (SSSR count). The van der Waals surface area contributed by atoms with Crippen LogP contribution in [0, 0.1) is 0 Å². The SMILES string of the molecule is COC(=O)c1ccc(-c2ccc(OC)cc2)nc1CBr. The number of nitrogens with zero attached hydrogens (tertiary/aromatic N) is 1. The van der Waals surface area contributed by atoms with Gasteiger partial charge in [-0.3, -0.25) is 4.98 Å². The summed E-state index contributed by atoms with van der Waals surface area (Å²) < 4.78 is 9.86. The fourth-order valence-electron chi connectivity index (χ4n) is 1.82. The van der Waals surface area contributed by atoms with E-state index in [0.29, 0.717) is 16.6 Å². The maximum Gasteiger partial charge on any atom is 0.339 e. The number of benzene rings is 1. The van der Waals surface area contributed by atoms with Crippen molar-refractivity contribution >= 4 is 21.9 Å². The second-order valence-electron chi connectivity index (χ2n) is 4.04. The first-order valence-corrected chi connectivity index (χ1v) is 7.10. The third kappa shape index (κ3) is 2.99. The Balaban J connectivity index is 2.40. The zero-order valence-electron chi connectivity index (χ0n) is 11.2. The maximum absolute atomic E-state index is 11.6. The van der Waals surface area contributed by atoms with E-state index in [2.05, 4.69) is 20.9 Å². The summed E-state index contributed by atoms with van der Waals surface area (Å²) in [4.78, 5) is 16.1. The highest BCUT2D eigenvalue weighted by molar-refractivity contribution is 9.08. The second kappa shape index (κ2) is 6.52. The van der Waals surface area contributed by atoms with Crippen molar-refractivity contribution in [2.24, 2.45) is 0 Å². The number of carbonyl (C=O) groups excluding carboxylic acids is 1. The van der Waals surface area contributed by atoms with Crippen LogP contribution in [0.4, 0.5) is 0 Å². The molecule has 0 aliphatic rings. The summed E-state index contributed by atoms with van der Waals surface area (Å²) in [5.74, 6) is 0.411. The highest BCUT2D eigenvalue weighted by Gasteiger charge is 2.13. The molecular formula is C15H14BrNO3. The van der Waals surface area contributed by atoms with E-state index in [9.17, 15) is 4.79 Å². The molecule has 0 N–H and O–H groups in total. The summed E-state index contributed by atoms with van der Waals surface area (Å²) in [6.07, 6.45) is 0. The third-order valence-corrected chi connectivity index (χ3v) is 3.42. The molecule has 0 unspecified atom stereocenters. The van der Waals surface area contributed by atoms with Crippen molar-refractivity contribution in [2.45, 2.75) is 5.33 Å². The lowest BCUT2D eigenvalue weighted by Crippen LogP contribution is -2.07. The molecule has 0 fully saturated rings. The summed E-state index contributed by atoms with van der Waals surface area (Å²) in [7, 11) is 2.99. The number of hydrogen-bond acceptors (Lipinski definition) is 4. The van der Waals surface area contributed by atoms with E-state index >= 15 is 0 Å². The number of pyridine rings is 1. The van der Waals surface area contributed by atoms with Crippen LogP contribution in [0.25, 0.3) is 11.3 Å². The number of carbonyl (C=O) groups is 1. The van der Waals surface area contributed by atoms with Crippen molar-refractivity contribution in [2.75, 3.05) is 14.2 Å². The van der Waals surface area contributed by atoms with E-state index in [1.54, 1.807) is 19.2 Å². The van der Waals surface area contributed by atoms with E-state index in [1.807, 2.05) is 24.3 Å². The molecule has 0 aliphatic heterocycles. The maximum atomic E-state index is 11.6. The van der Waals surface area contributed by atoms with Crippen molar-refractivity contribution in [3.63, 3.8) is 0 Å². The van der Waals surface area contributed by atoms with Crippen molar-refractivity contribution in [1.29, 1.82) is 0 Å². The number of hydrogen-bond donors (Lipinski definition) is 0. The molecule has 1 heterocycles. The first-order chi connectivity index (χ1) is 9.69. The number of esters is 1. The molecule has 0 spiro atoms. The highest BCUT2D eigenvalue weighted by atomic mass is 79.9. The Kier molecular flexibility index (Phi) is 4.74. The van der Waals surface area contributed by atoms with Crippen LogP contribution in [0.15, 0.2) is 36.4 Å². The Morgan fingerprint density at radius 1 is 1.15 bits per heavy atom. The van der Waals surface area contributed by atoms with Crippen LogP contribution in [0.3, 0.4) is 0 Å². The van der Waals surface area contributed by atoms with Gasteiger partial charge in [-0.15, -0.1) is 0 Å². The predicted octanol–water partition coefficient (Wildman–Crippen LogP) is 3.44. The summed E-state index contributed by atoms with van der Waals surface area (Å²) in [5.41, 5.74) is 2.89. The summed E-state index contributed by atoms with van der Waals surface area (Å²) in [6.45, 7) is 0. The summed E-state index contributed by atoms with van der Waals surface area (Å²) in [6, 6.07) is 11.1. The molecule has 2 aromatic rings. The van der Waals surface area contributed by atoms with Gasteiger partial charge in [-0.1, -0.05) is 15.9 Å². The van der Waals surface area contributed by atoms with Gasteiger partial charge in [0.1, 0.15) is 5.75 Å². The zero-order valence-corrected chi connectivity index (χ0v) is 12.8. The zero-order chi connectivity index (χ0) is 14.5. The lowest BCUT2D eigenvalue weighted by atomic mass is 10.1. The van der Waals surface area contributed by atoms with Gasteiger partial charge in [-0.25, -0.2) is 4.79 Å². The number of alkyl halides is 1. The Morgan fingerprint density at radius 3 is 2.40 bits per heavy atom. The van der Waals surface area contributed by atoms with Gasteiger partial charge in [-0.05, 0) is 36.4 Å². The fourth-order valence-corrected chi connectivity index (χ4v) is 2.25. The number of rotatable bonds is 4. The molecule has 5 heteroatoms. The van der Waals surface area contributed by atoms with E-state index in [4.69, 9.17) is 9.47 Å². The molecular weight excluding hydrogens is 322 g/mol. The van der Waals surface area contributed by atoms with Crippen LogP contribution in [-0.4, -0.2) is 25.2 Å². The molecule has 0 bridgehead atoms. The molecule has 20 heavy (non-hydrogen) atoms. The average Bonchev–Trinajstić information content (AvgIpc) is 2.53. The average molecular weight is 336 g/mol. The van der Waals surface area contributed by atoms with Crippen LogP contribution >= 0.6 is 15.9 Å². The van der Waals surface area contributed by atoms with Gasteiger partial charge in [-0.2, -0.15) is 0 Å². The number of halogens is 1. The Hall–Kier alpha value is -1.88. The van der Waals surface area contributed by atoms with E-state index in [0.717, 1.165) is 17.0 Å². The molecule has 1 aromatic carbocycles. The second-order valence-corrected chi connectivity index (χ2v) is 4.61. The molecule has 104 valence electrons. The third-order valence-electron chi connectivity index (χ3n) is 2.89. The van der Waals surface area contributed by atoms with Crippen molar-refractivity contribution in [3.05, 3.63) is 47.7 Å². The largest absolute Gasteiger partial charge is 0.497 e. The lowest BCUT2D eigenvalue weighted by Gasteiger charge is -2.08. The first-order valence-electron chi connectivity index (χ1n) is 5.98. The van der Waals surface area contributed by atoms with Gasteiger partial charge in [0.25, 0.3) is 0 Å². The molecule has 0 radical (unpaired) electrons. The van der Waals surface area contributed by atoms with Crippen LogP contribution < -0.4 is 4.74 Å². The minimum atomic E-state index is -0.381. The number of aromatic nitrogens is 1.